The zero-order valence-electron chi connectivity index (χ0n) is 13.9. The lowest BCUT2D eigenvalue weighted by Gasteiger charge is -2.21. The van der Waals surface area contributed by atoms with E-state index in [1.165, 1.54) is 6.07 Å². The van der Waals surface area contributed by atoms with E-state index in [2.05, 4.69) is 0 Å². The first-order valence-electron chi connectivity index (χ1n) is 8.39. The number of carbonyl (C=O) groups is 1. The highest BCUT2D eigenvalue weighted by atomic mass is 32.2. The number of benzene rings is 2. The minimum absolute atomic E-state index is 0.0880. The van der Waals surface area contributed by atoms with Crippen LogP contribution in [0.25, 0.3) is 11.1 Å². The third kappa shape index (κ3) is 3.75. The summed E-state index contributed by atoms with van der Waals surface area (Å²) in [5.74, 6) is -0.297. The van der Waals surface area contributed by atoms with Crippen molar-refractivity contribution in [1.29, 1.82) is 0 Å². The molecule has 0 heterocycles. The lowest BCUT2D eigenvalue weighted by atomic mass is 9.84. The van der Waals surface area contributed by atoms with Gasteiger partial charge in [-0.1, -0.05) is 55.3 Å². The molecule has 1 atom stereocenters. The molecule has 1 aliphatic carbocycles. The van der Waals surface area contributed by atoms with Crippen molar-refractivity contribution >= 4 is 15.9 Å². The zero-order valence-corrected chi connectivity index (χ0v) is 14.7. The molecule has 3 rings (SSSR count). The first-order chi connectivity index (χ1) is 11.9. The second-order valence-electron chi connectivity index (χ2n) is 6.59. The molecule has 1 saturated carbocycles. The molecular weight excluding hydrogens is 336 g/mol. The number of sulfonamides is 1. The summed E-state index contributed by atoms with van der Waals surface area (Å²) in [6, 6.07) is 14.0. The lowest BCUT2D eigenvalue weighted by Crippen LogP contribution is -2.26. The van der Waals surface area contributed by atoms with Crippen molar-refractivity contribution in [3.8, 4) is 11.1 Å². The predicted octanol–water partition coefficient (Wildman–Crippen LogP) is 2.76. The van der Waals surface area contributed by atoms with Crippen molar-refractivity contribution in [2.45, 2.75) is 36.5 Å². The Hall–Kier alpha value is -2.18. The Kier molecular flexibility index (Phi) is 4.92. The standard InChI is InChI=1S/C19H22N2O3S/c20-19(22)18(14-5-1-2-6-14)15-11-9-13(10-12-15)16-7-3-4-8-17(16)25(21,23)24/h3-4,7-12,14,18H,1-2,5-6H2,(H2,20,22)(H2,21,23,24). The van der Waals surface area contributed by atoms with Gasteiger partial charge in [0.25, 0.3) is 0 Å². The van der Waals surface area contributed by atoms with E-state index >= 15 is 0 Å². The number of primary amides is 1. The number of rotatable bonds is 5. The van der Waals surface area contributed by atoms with E-state index in [1.807, 2.05) is 24.3 Å². The molecule has 6 heteroatoms. The fourth-order valence-electron chi connectivity index (χ4n) is 3.78. The molecule has 0 bridgehead atoms. The van der Waals surface area contributed by atoms with Crippen molar-refractivity contribution in [3.63, 3.8) is 0 Å². The van der Waals surface area contributed by atoms with Crippen LogP contribution in [0.2, 0.25) is 0 Å². The van der Waals surface area contributed by atoms with Crippen LogP contribution in [0.5, 0.6) is 0 Å². The SMILES string of the molecule is NC(=O)C(c1ccc(-c2ccccc2S(N)(=O)=O)cc1)C1CCCC1. The molecule has 2 aromatic rings. The summed E-state index contributed by atoms with van der Waals surface area (Å²) < 4.78 is 23.6. The maximum atomic E-state index is 12.0. The predicted molar refractivity (Wildman–Crippen MR) is 97.1 cm³/mol. The maximum absolute atomic E-state index is 12.0. The van der Waals surface area contributed by atoms with E-state index in [0.29, 0.717) is 11.5 Å². The topological polar surface area (TPSA) is 103 Å². The molecule has 0 radical (unpaired) electrons. The fraction of sp³-hybridized carbons (Fsp3) is 0.316. The van der Waals surface area contributed by atoms with Crippen LogP contribution in [-0.2, 0) is 14.8 Å². The van der Waals surface area contributed by atoms with Gasteiger partial charge in [0.15, 0.2) is 0 Å². The van der Waals surface area contributed by atoms with Crippen molar-refractivity contribution in [2.75, 3.05) is 0 Å². The monoisotopic (exact) mass is 358 g/mol. The molecule has 0 saturated heterocycles. The van der Waals surface area contributed by atoms with Crippen molar-refractivity contribution < 1.29 is 13.2 Å². The average Bonchev–Trinajstić information content (AvgIpc) is 3.08. The summed E-state index contributed by atoms with van der Waals surface area (Å²) in [4.78, 5) is 12.0. The molecule has 1 fully saturated rings. The van der Waals surface area contributed by atoms with Gasteiger partial charge in [-0.3, -0.25) is 4.79 Å². The van der Waals surface area contributed by atoms with Gasteiger partial charge in [-0.2, -0.15) is 0 Å². The molecule has 0 spiro atoms. The largest absolute Gasteiger partial charge is 0.369 e. The van der Waals surface area contributed by atoms with Crippen LogP contribution in [0, 0.1) is 5.92 Å². The average molecular weight is 358 g/mol. The van der Waals surface area contributed by atoms with Gasteiger partial charge < -0.3 is 5.73 Å². The van der Waals surface area contributed by atoms with E-state index in [-0.39, 0.29) is 16.7 Å². The summed E-state index contributed by atoms with van der Waals surface area (Å²) in [7, 11) is -3.81. The Bertz CT molecular complexity index is 870. The molecule has 132 valence electrons. The molecule has 1 aliphatic rings. The Morgan fingerprint density at radius 1 is 1.00 bits per heavy atom. The van der Waals surface area contributed by atoms with Crippen LogP contribution in [0.15, 0.2) is 53.4 Å². The number of hydrogen-bond donors (Lipinski definition) is 2. The minimum atomic E-state index is -3.81. The molecule has 0 aliphatic heterocycles. The number of primary sulfonamides is 1. The number of carbonyl (C=O) groups excluding carboxylic acids is 1. The summed E-state index contributed by atoms with van der Waals surface area (Å²) in [6.07, 6.45) is 4.30. The second-order valence-corrected chi connectivity index (χ2v) is 8.12. The van der Waals surface area contributed by atoms with Crippen LogP contribution in [0.1, 0.15) is 37.2 Å². The van der Waals surface area contributed by atoms with Crippen molar-refractivity contribution in [1.82, 2.24) is 0 Å². The first-order valence-corrected chi connectivity index (χ1v) is 9.94. The van der Waals surface area contributed by atoms with Gasteiger partial charge in [0, 0.05) is 5.56 Å². The molecule has 4 N–H and O–H groups in total. The van der Waals surface area contributed by atoms with Crippen molar-refractivity contribution in [2.24, 2.45) is 16.8 Å². The van der Waals surface area contributed by atoms with Gasteiger partial charge in [0.2, 0.25) is 15.9 Å². The van der Waals surface area contributed by atoms with Gasteiger partial charge in [0.1, 0.15) is 0 Å². The van der Waals surface area contributed by atoms with E-state index in [4.69, 9.17) is 10.9 Å². The van der Waals surface area contributed by atoms with Gasteiger partial charge >= 0.3 is 0 Å². The maximum Gasteiger partial charge on any atom is 0.238 e. The van der Waals surface area contributed by atoms with Crippen molar-refractivity contribution in [3.05, 3.63) is 54.1 Å². The molecule has 5 nitrogen and oxygen atoms in total. The molecule has 1 amide bonds. The minimum Gasteiger partial charge on any atom is -0.369 e. The Labute approximate surface area is 148 Å². The van der Waals surface area contributed by atoms with E-state index in [0.717, 1.165) is 36.8 Å². The summed E-state index contributed by atoms with van der Waals surface area (Å²) >= 11 is 0. The molecule has 2 aromatic carbocycles. The highest BCUT2D eigenvalue weighted by molar-refractivity contribution is 7.89. The first kappa shape index (κ1) is 17.6. The highest BCUT2D eigenvalue weighted by Gasteiger charge is 2.30. The molecule has 1 unspecified atom stereocenters. The van der Waals surface area contributed by atoms with E-state index in [9.17, 15) is 13.2 Å². The van der Waals surface area contributed by atoms with Gasteiger partial charge in [0.05, 0.1) is 10.8 Å². The van der Waals surface area contributed by atoms with Gasteiger partial charge in [-0.05, 0) is 36.0 Å². The fourth-order valence-corrected chi connectivity index (χ4v) is 4.54. The van der Waals surface area contributed by atoms with Crippen LogP contribution < -0.4 is 10.9 Å². The third-order valence-corrected chi connectivity index (χ3v) is 5.92. The van der Waals surface area contributed by atoms with Gasteiger partial charge in [-0.15, -0.1) is 0 Å². The Morgan fingerprint density at radius 3 is 2.16 bits per heavy atom. The van der Waals surface area contributed by atoms with Crippen LogP contribution in [0.4, 0.5) is 0 Å². The third-order valence-electron chi connectivity index (χ3n) is 4.95. The molecular formula is C19H22N2O3S. The van der Waals surface area contributed by atoms with Crippen LogP contribution in [-0.4, -0.2) is 14.3 Å². The number of hydrogen-bond acceptors (Lipinski definition) is 3. The number of amides is 1. The second kappa shape index (κ2) is 6.98. The summed E-state index contributed by atoms with van der Waals surface area (Å²) in [5, 5.41) is 5.31. The highest BCUT2D eigenvalue weighted by Crippen LogP contribution is 2.38. The normalized spacial score (nSPS) is 16.7. The van der Waals surface area contributed by atoms with E-state index < -0.39 is 10.0 Å². The summed E-state index contributed by atoms with van der Waals surface area (Å²) in [6.45, 7) is 0. The van der Waals surface area contributed by atoms with Gasteiger partial charge in [-0.25, -0.2) is 13.6 Å². The van der Waals surface area contributed by atoms with Crippen LogP contribution in [0.3, 0.4) is 0 Å². The number of nitrogens with two attached hydrogens (primary N) is 2. The summed E-state index contributed by atoms with van der Waals surface area (Å²) in [5.41, 5.74) is 7.82. The Morgan fingerprint density at radius 2 is 1.60 bits per heavy atom. The smallest absolute Gasteiger partial charge is 0.238 e. The lowest BCUT2D eigenvalue weighted by molar-refractivity contribution is -0.120. The molecule has 25 heavy (non-hydrogen) atoms. The van der Waals surface area contributed by atoms with E-state index in [1.54, 1.807) is 18.2 Å². The quantitative estimate of drug-likeness (QED) is 0.859. The van der Waals surface area contributed by atoms with Crippen LogP contribution >= 0.6 is 0 Å². The Balaban J connectivity index is 1.97. The molecule has 0 aromatic heterocycles. The zero-order chi connectivity index (χ0) is 18.0.